The second kappa shape index (κ2) is 6.50. The predicted molar refractivity (Wildman–Crippen MR) is 89.1 cm³/mol. The van der Waals surface area contributed by atoms with Crippen molar-refractivity contribution in [1.82, 2.24) is 10.4 Å². The van der Waals surface area contributed by atoms with Crippen molar-refractivity contribution >= 4 is 58.1 Å². The number of carbonyl (C=O) groups is 2. The van der Waals surface area contributed by atoms with E-state index in [1.165, 1.54) is 16.3 Å². The van der Waals surface area contributed by atoms with Crippen LogP contribution in [0.1, 0.15) is 4.88 Å². The summed E-state index contributed by atoms with van der Waals surface area (Å²) in [5, 5.41) is 1.02. The van der Waals surface area contributed by atoms with Gasteiger partial charge in [-0.25, -0.2) is 5.01 Å². The van der Waals surface area contributed by atoms with Gasteiger partial charge in [-0.2, -0.15) is 0 Å². The van der Waals surface area contributed by atoms with Gasteiger partial charge in [0, 0.05) is 9.77 Å². The number of nitrogens with zero attached hydrogens (tertiary/aromatic N) is 1. The van der Waals surface area contributed by atoms with Crippen LogP contribution in [0.2, 0.25) is 9.36 Å². The fourth-order valence-corrected chi connectivity index (χ4v) is 4.31. The zero-order valence-corrected chi connectivity index (χ0v) is 14.2. The van der Waals surface area contributed by atoms with Crippen LogP contribution in [0.5, 0.6) is 0 Å². The van der Waals surface area contributed by atoms with E-state index in [-0.39, 0.29) is 11.8 Å². The molecule has 1 aliphatic heterocycles. The number of carbonyl (C=O) groups excluding carboxylic acids is 2. The number of benzene rings is 1. The number of amides is 2. The highest BCUT2D eigenvalue weighted by Gasteiger charge is 2.40. The fourth-order valence-electron chi connectivity index (χ4n) is 1.98. The van der Waals surface area contributed by atoms with Crippen molar-refractivity contribution in [2.24, 2.45) is 0 Å². The van der Waals surface area contributed by atoms with Crippen molar-refractivity contribution in [1.29, 1.82) is 0 Å². The van der Waals surface area contributed by atoms with Crippen molar-refractivity contribution in [3.63, 3.8) is 0 Å². The van der Waals surface area contributed by atoms with E-state index in [1.807, 2.05) is 12.1 Å². The van der Waals surface area contributed by atoms with E-state index < -0.39 is 5.25 Å². The van der Waals surface area contributed by atoms with Crippen LogP contribution in [-0.4, -0.2) is 22.1 Å². The maximum absolute atomic E-state index is 12.4. The van der Waals surface area contributed by atoms with Gasteiger partial charge in [-0.05, 0) is 24.3 Å². The first-order valence-electron chi connectivity index (χ1n) is 6.32. The summed E-state index contributed by atoms with van der Waals surface area (Å²) in [5.41, 5.74) is 2.60. The number of hydrogen-bond acceptors (Lipinski definition) is 4. The Hall–Kier alpha value is -1.21. The Morgan fingerprint density at radius 1 is 1.18 bits per heavy atom. The Bertz CT molecular complexity index is 735. The summed E-state index contributed by atoms with van der Waals surface area (Å²) in [4.78, 5) is 26.1. The third kappa shape index (κ3) is 3.25. The van der Waals surface area contributed by atoms with Gasteiger partial charge in [-0.1, -0.05) is 35.3 Å². The van der Waals surface area contributed by atoms with E-state index in [9.17, 15) is 9.59 Å². The van der Waals surface area contributed by atoms with Crippen molar-refractivity contribution < 1.29 is 9.59 Å². The van der Waals surface area contributed by atoms with Crippen LogP contribution in [0.15, 0.2) is 41.3 Å². The molecule has 1 aromatic carbocycles. The molecule has 0 spiro atoms. The quantitative estimate of drug-likeness (QED) is 0.834. The van der Waals surface area contributed by atoms with E-state index in [2.05, 4.69) is 5.43 Å². The summed E-state index contributed by atoms with van der Waals surface area (Å²) in [5.74, 6) is -0.614. The van der Waals surface area contributed by atoms with Gasteiger partial charge in [0.15, 0.2) is 5.25 Å². The minimum absolute atomic E-state index is 0.278. The molecule has 2 amide bonds. The molecule has 0 bridgehead atoms. The molecule has 8 heteroatoms. The van der Waals surface area contributed by atoms with Crippen LogP contribution in [0.25, 0.3) is 0 Å². The van der Waals surface area contributed by atoms with Crippen molar-refractivity contribution in [2.45, 2.75) is 16.7 Å². The monoisotopic (exact) mass is 372 g/mol. The number of hydrazine groups is 1. The Labute approximate surface area is 145 Å². The Kier molecular flexibility index (Phi) is 4.63. The van der Waals surface area contributed by atoms with Crippen LogP contribution in [0.4, 0.5) is 0 Å². The minimum atomic E-state index is -0.824. The fraction of sp³-hybridized carbons (Fsp3) is 0.143. The summed E-state index contributed by atoms with van der Waals surface area (Å²) < 4.78 is 0.648. The minimum Gasteiger partial charge on any atom is -0.271 e. The molecule has 2 aromatic rings. The average molecular weight is 373 g/mol. The molecule has 0 radical (unpaired) electrons. The normalized spacial score (nSPS) is 17.9. The first-order chi connectivity index (χ1) is 10.5. The highest BCUT2D eigenvalue weighted by Crippen LogP contribution is 2.33. The summed E-state index contributed by atoms with van der Waals surface area (Å²) in [6, 6.07) is 10.7. The van der Waals surface area contributed by atoms with Crippen molar-refractivity contribution in [2.75, 3.05) is 0 Å². The van der Waals surface area contributed by atoms with Gasteiger partial charge < -0.3 is 0 Å². The lowest BCUT2D eigenvalue weighted by atomic mass is 10.4. The number of rotatable bonds is 4. The van der Waals surface area contributed by atoms with E-state index in [0.29, 0.717) is 20.8 Å². The van der Waals surface area contributed by atoms with Gasteiger partial charge in [0.2, 0.25) is 0 Å². The Morgan fingerprint density at radius 3 is 2.64 bits per heavy atom. The molecule has 1 unspecified atom stereocenters. The summed E-state index contributed by atoms with van der Waals surface area (Å²) in [6.45, 7) is 0.307. The second-order valence-corrected chi connectivity index (χ2v) is 7.89. The second-order valence-electron chi connectivity index (χ2n) is 4.53. The third-order valence-electron chi connectivity index (χ3n) is 3.00. The number of thioether (sulfide) groups is 1. The van der Waals surface area contributed by atoms with E-state index in [1.54, 1.807) is 24.3 Å². The summed E-state index contributed by atoms with van der Waals surface area (Å²) in [6.07, 6.45) is 0. The van der Waals surface area contributed by atoms with E-state index >= 15 is 0 Å². The molecule has 1 atom stereocenters. The maximum atomic E-state index is 12.4. The van der Waals surface area contributed by atoms with Gasteiger partial charge in [-0.3, -0.25) is 15.0 Å². The number of hydrogen-bond donors (Lipinski definition) is 1. The molecule has 22 heavy (non-hydrogen) atoms. The highest BCUT2D eigenvalue weighted by atomic mass is 35.5. The molecule has 1 N–H and O–H groups in total. The van der Waals surface area contributed by atoms with Crippen LogP contribution < -0.4 is 5.43 Å². The average Bonchev–Trinajstić information content (AvgIpc) is 3.00. The molecule has 2 heterocycles. The Balaban J connectivity index is 1.73. The molecule has 1 saturated heterocycles. The van der Waals surface area contributed by atoms with Crippen LogP contribution in [0, 0.1) is 0 Å². The number of halogens is 2. The van der Waals surface area contributed by atoms with Crippen molar-refractivity contribution in [3.05, 3.63) is 50.6 Å². The first-order valence-corrected chi connectivity index (χ1v) is 8.77. The molecule has 3 rings (SSSR count). The lowest BCUT2D eigenvalue weighted by Crippen LogP contribution is -2.34. The van der Waals surface area contributed by atoms with Crippen LogP contribution in [0.3, 0.4) is 0 Å². The summed E-state index contributed by atoms with van der Waals surface area (Å²) >= 11 is 14.5. The zero-order valence-electron chi connectivity index (χ0n) is 11.1. The van der Waals surface area contributed by atoms with Crippen LogP contribution in [-0.2, 0) is 16.1 Å². The molecule has 0 saturated carbocycles. The van der Waals surface area contributed by atoms with Crippen LogP contribution >= 0.6 is 46.3 Å². The number of thiophene rings is 1. The largest absolute Gasteiger partial charge is 0.271 e. The van der Waals surface area contributed by atoms with Crippen molar-refractivity contribution in [3.8, 4) is 0 Å². The molecule has 4 nitrogen and oxygen atoms in total. The van der Waals surface area contributed by atoms with Gasteiger partial charge in [0.1, 0.15) is 0 Å². The van der Waals surface area contributed by atoms with E-state index in [4.69, 9.17) is 23.2 Å². The maximum Gasteiger partial charge on any atom is 0.264 e. The SMILES string of the molecule is O=C1NN(Cc2ccc(Cl)s2)C(=O)C1Sc1ccccc1Cl. The Morgan fingerprint density at radius 2 is 1.95 bits per heavy atom. The summed E-state index contributed by atoms with van der Waals surface area (Å²) in [7, 11) is 0. The van der Waals surface area contributed by atoms with Gasteiger partial charge in [0.05, 0.1) is 15.9 Å². The molecule has 1 aliphatic rings. The molecule has 114 valence electrons. The highest BCUT2D eigenvalue weighted by molar-refractivity contribution is 8.01. The molecule has 0 aliphatic carbocycles. The lowest BCUT2D eigenvalue weighted by molar-refractivity contribution is -0.129. The standard InChI is InChI=1S/C14H10Cl2N2O2S2/c15-9-3-1-2-4-10(9)22-12-13(19)17-18(14(12)20)7-8-5-6-11(16)21-8/h1-6,12H,7H2,(H,17,19). The van der Waals surface area contributed by atoms with Gasteiger partial charge in [-0.15, -0.1) is 23.1 Å². The van der Waals surface area contributed by atoms with E-state index in [0.717, 1.165) is 16.6 Å². The molecular formula is C14H10Cl2N2O2S2. The van der Waals surface area contributed by atoms with Gasteiger partial charge in [0.25, 0.3) is 11.8 Å². The first kappa shape index (κ1) is 15.7. The lowest BCUT2D eigenvalue weighted by Gasteiger charge is -2.14. The number of nitrogens with one attached hydrogen (secondary N) is 1. The molecular weight excluding hydrogens is 363 g/mol. The molecule has 1 fully saturated rings. The molecule has 1 aromatic heterocycles. The smallest absolute Gasteiger partial charge is 0.264 e. The predicted octanol–water partition coefficient (Wildman–Crippen LogP) is 3.59. The zero-order chi connectivity index (χ0) is 15.7. The third-order valence-corrected chi connectivity index (χ3v) is 5.92. The topological polar surface area (TPSA) is 49.4 Å². The van der Waals surface area contributed by atoms with Gasteiger partial charge >= 0.3 is 0 Å².